The fourth-order valence-corrected chi connectivity index (χ4v) is 2.76. The highest BCUT2D eigenvalue weighted by Crippen LogP contribution is 2.28. The molecule has 0 atom stereocenters. The van der Waals surface area contributed by atoms with Crippen molar-refractivity contribution in [2.24, 2.45) is 0 Å². The number of benzene rings is 1. The SMILES string of the molecule is CCN1CCC(N(C)c2cc(N)cc(OC)c2)CC1. The van der Waals surface area contributed by atoms with Crippen LogP contribution in [-0.4, -0.2) is 44.7 Å². The molecule has 0 aliphatic carbocycles. The highest BCUT2D eigenvalue weighted by atomic mass is 16.5. The Morgan fingerprint density at radius 1 is 1.32 bits per heavy atom. The van der Waals surface area contributed by atoms with Crippen molar-refractivity contribution in [1.82, 2.24) is 4.90 Å². The van der Waals surface area contributed by atoms with Gasteiger partial charge in [0.15, 0.2) is 0 Å². The molecule has 19 heavy (non-hydrogen) atoms. The van der Waals surface area contributed by atoms with E-state index in [1.165, 1.54) is 25.9 Å². The summed E-state index contributed by atoms with van der Waals surface area (Å²) in [4.78, 5) is 4.84. The lowest BCUT2D eigenvalue weighted by Gasteiger charge is -2.37. The minimum Gasteiger partial charge on any atom is -0.497 e. The maximum Gasteiger partial charge on any atom is 0.122 e. The van der Waals surface area contributed by atoms with E-state index in [1.807, 2.05) is 12.1 Å². The Kier molecular flexibility index (Phi) is 4.53. The van der Waals surface area contributed by atoms with Gasteiger partial charge >= 0.3 is 0 Å². The molecule has 1 aromatic carbocycles. The smallest absolute Gasteiger partial charge is 0.122 e. The number of nitrogen functional groups attached to an aromatic ring is 1. The summed E-state index contributed by atoms with van der Waals surface area (Å²) in [6.07, 6.45) is 2.42. The van der Waals surface area contributed by atoms with E-state index >= 15 is 0 Å². The molecule has 2 rings (SSSR count). The number of anilines is 2. The third-order valence-corrected chi connectivity index (χ3v) is 4.11. The highest BCUT2D eigenvalue weighted by Gasteiger charge is 2.22. The zero-order chi connectivity index (χ0) is 13.8. The van der Waals surface area contributed by atoms with E-state index < -0.39 is 0 Å². The van der Waals surface area contributed by atoms with Crippen LogP contribution in [0.1, 0.15) is 19.8 Å². The van der Waals surface area contributed by atoms with E-state index in [-0.39, 0.29) is 0 Å². The summed E-state index contributed by atoms with van der Waals surface area (Å²) in [7, 11) is 3.83. The van der Waals surface area contributed by atoms with Gasteiger partial charge in [-0.2, -0.15) is 0 Å². The van der Waals surface area contributed by atoms with E-state index in [0.29, 0.717) is 6.04 Å². The van der Waals surface area contributed by atoms with Gasteiger partial charge in [-0.25, -0.2) is 0 Å². The zero-order valence-corrected chi connectivity index (χ0v) is 12.2. The van der Waals surface area contributed by atoms with Crippen molar-refractivity contribution in [1.29, 1.82) is 0 Å². The van der Waals surface area contributed by atoms with Gasteiger partial charge in [0.05, 0.1) is 7.11 Å². The Labute approximate surface area is 116 Å². The Hall–Kier alpha value is -1.42. The molecule has 1 saturated heterocycles. The van der Waals surface area contributed by atoms with Crippen molar-refractivity contribution in [2.45, 2.75) is 25.8 Å². The van der Waals surface area contributed by atoms with Crippen molar-refractivity contribution in [3.05, 3.63) is 18.2 Å². The third kappa shape index (κ3) is 3.32. The molecule has 0 spiro atoms. The Morgan fingerprint density at radius 3 is 2.58 bits per heavy atom. The predicted octanol–water partition coefficient (Wildman–Crippen LogP) is 2.20. The lowest BCUT2D eigenvalue weighted by molar-refractivity contribution is 0.221. The molecule has 0 radical (unpaired) electrons. The Morgan fingerprint density at radius 2 is 2.00 bits per heavy atom. The van der Waals surface area contributed by atoms with Crippen LogP contribution in [0.5, 0.6) is 5.75 Å². The number of rotatable bonds is 4. The molecule has 1 heterocycles. The number of piperidine rings is 1. The predicted molar refractivity (Wildman–Crippen MR) is 80.9 cm³/mol. The molecule has 1 fully saturated rings. The van der Waals surface area contributed by atoms with E-state index in [0.717, 1.165) is 23.7 Å². The van der Waals surface area contributed by atoms with Gasteiger partial charge in [-0.05, 0) is 25.5 Å². The molecule has 4 heteroatoms. The molecule has 4 nitrogen and oxygen atoms in total. The van der Waals surface area contributed by atoms with E-state index in [2.05, 4.69) is 29.8 Å². The monoisotopic (exact) mass is 263 g/mol. The van der Waals surface area contributed by atoms with Crippen LogP contribution in [0.15, 0.2) is 18.2 Å². The van der Waals surface area contributed by atoms with Gasteiger partial charge in [-0.1, -0.05) is 6.92 Å². The van der Waals surface area contributed by atoms with Gasteiger partial charge in [0.2, 0.25) is 0 Å². The fraction of sp³-hybridized carbons (Fsp3) is 0.600. The van der Waals surface area contributed by atoms with Crippen LogP contribution in [-0.2, 0) is 0 Å². The quantitative estimate of drug-likeness (QED) is 0.846. The normalized spacial score (nSPS) is 17.4. The van der Waals surface area contributed by atoms with Crippen LogP contribution in [0, 0.1) is 0 Å². The molecule has 1 aliphatic rings. The largest absolute Gasteiger partial charge is 0.497 e. The topological polar surface area (TPSA) is 41.7 Å². The number of hydrogen-bond donors (Lipinski definition) is 1. The van der Waals surface area contributed by atoms with Gasteiger partial charge in [-0.15, -0.1) is 0 Å². The molecule has 106 valence electrons. The van der Waals surface area contributed by atoms with Crippen LogP contribution >= 0.6 is 0 Å². The molecule has 1 aromatic rings. The first-order valence-electron chi connectivity index (χ1n) is 7.03. The lowest BCUT2D eigenvalue weighted by Crippen LogP contribution is -2.43. The molecule has 0 aromatic heterocycles. The third-order valence-electron chi connectivity index (χ3n) is 4.11. The van der Waals surface area contributed by atoms with E-state index in [9.17, 15) is 0 Å². The number of hydrogen-bond acceptors (Lipinski definition) is 4. The van der Waals surface area contributed by atoms with Gasteiger partial charge in [0.1, 0.15) is 5.75 Å². The first-order chi connectivity index (χ1) is 9.13. The molecular weight excluding hydrogens is 238 g/mol. The van der Waals surface area contributed by atoms with E-state index in [4.69, 9.17) is 10.5 Å². The maximum absolute atomic E-state index is 5.93. The second kappa shape index (κ2) is 6.15. The minimum absolute atomic E-state index is 0.592. The van der Waals surface area contributed by atoms with Gasteiger partial charge < -0.3 is 20.3 Å². The second-order valence-electron chi connectivity index (χ2n) is 5.24. The summed E-state index contributed by atoms with van der Waals surface area (Å²) >= 11 is 0. The highest BCUT2D eigenvalue weighted by molar-refractivity contribution is 5.60. The second-order valence-corrected chi connectivity index (χ2v) is 5.24. The summed E-state index contributed by atoms with van der Waals surface area (Å²) in [6.45, 7) is 5.76. The Balaban J connectivity index is 2.07. The van der Waals surface area contributed by atoms with Crippen LogP contribution in [0.25, 0.3) is 0 Å². The van der Waals surface area contributed by atoms with Crippen LogP contribution in [0.3, 0.4) is 0 Å². The first-order valence-corrected chi connectivity index (χ1v) is 7.03. The van der Waals surface area contributed by atoms with Gasteiger partial charge in [0.25, 0.3) is 0 Å². The first kappa shape index (κ1) is 14.0. The van der Waals surface area contributed by atoms with Crippen molar-refractivity contribution in [3.8, 4) is 5.75 Å². The molecule has 0 unspecified atom stereocenters. The van der Waals surface area contributed by atoms with E-state index in [1.54, 1.807) is 7.11 Å². The molecule has 0 amide bonds. The van der Waals surface area contributed by atoms with Crippen molar-refractivity contribution in [3.63, 3.8) is 0 Å². The standard InChI is InChI=1S/C15H25N3O/c1-4-18-7-5-13(6-8-18)17(2)14-9-12(16)10-15(11-14)19-3/h9-11,13H,4-8,16H2,1-3H3. The summed E-state index contributed by atoms with van der Waals surface area (Å²) in [5.74, 6) is 0.827. The number of nitrogens with zero attached hydrogens (tertiary/aromatic N) is 2. The number of likely N-dealkylation sites (tertiary alicyclic amines) is 1. The average Bonchev–Trinajstić information content (AvgIpc) is 2.46. The van der Waals surface area contributed by atoms with Crippen LogP contribution in [0.4, 0.5) is 11.4 Å². The molecular formula is C15H25N3O. The summed E-state index contributed by atoms with van der Waals surface area (Å²) in [6, 6.07) is 6.53. The zero-order valence-electron chi connectivity index (χ0n) is 12.2. The Bertz CT molecular complexity index is 414. The van der Waals surface area contributed by atoms with Crippen LogP contribution < -0.4 is 15.4 Å². The van der Waals surface area contributed by atoms with Crippen molar-refractivity contribution >= 4 is 11.4 Å². The molecule has 0 saturated carbocycles. The summed E-state index contributed by atoms with van der Waals surface area (Å²) in [5.41, 5.74) is 7.83. The average molecular weight is 263 g/mol. The summed E-state index contributed by atoms with van der Waals surface area (Å²) in [5, 5.41) is 0. The summed E-state index contributed by atoms with van der Waals surface area (Å²) < 4.78 is 5.29. The number of methoxy groups -OCH3 is 1. The van der Waals surface area contributed by atoms with Crippen molar-refractivity contribution < 1.29 is 4.74 Å². The number of ether oxygens (including phenoxy) is 1. The van der Waals surface area contributed by atoms with Crippen molar-refractivity contribution in [2.75, 3.05) is 44.4 Å². The van der Waals surface area contributed by atoms with Gasteiger partial charge in [-0.3, -0.25) is 0 Å². The molecule has 2 N–H and O–H groups in total. The molecule has 1 aliphatic heterocycles. The minimum atomic E-state index is 0.592. The fourth-order valence-electron chi connectivity index (χ4n) is 2.76. The maximum atomic E-state index is 5.93. The lowest BCUT2D eigenvalue weighted by atomic mass is 10.0. The molecule has 0 bridgehead atoms. The van der Waals surface area contributed by atoms with Crippen LogP contribution in [0.2, 0.25) is 0 Å². The van der Waals surface area contributed by atoms with Gasteiger partial charge in [0, 0.05) is 49.7 Å². The number of nitrogens with two attached hydrogens (primary N) is 1.